The van der Waals surface area contributed by atoms with Crippen LogP contribution in [0.4, 0.5) is 0 Å². The number of aryl methyl sites for hydroxylation is 1. The highest BCUT2D eigenvalue weighted by Crippen LogP contribution is 2.15. The van der Waals surface area contributed by atoms with Crippen molar-refractivity contribution in [2.24, 2.45) is 0 Å². The van der Waals surface area contributed by atoms with Crippen molar-refractivity contribution in [3.8, 4) is 0 Å². The average Bonchev–Trinajstić information content (AvgIpc) is 2.70. The molecule has 0 spiro atoms. The van der Waals surface area contributed by atoms with Crippen LogP contribution >= 0.6 is 11.6 Å². The van der Waals surface area contributed by atoms with Crippen LogP contribution < -0.4 is 4.57 Å². The van der Waals surface area contributed by atoms with Gasteiger partial charge in [-0.2, -0.15) is 0 Å². The summed E-state index contributed by atoms with van der Waals surface area (Å²) in [5.74, 6) is 0. The number of pyridine rings is 1. The van der Waals surface area contributed by atoms with Crippen LogP contribution in [0.2, 0.25) is 5.02 Å². The molecule has 18 heavy (non-hydrogen) atoms. The second-order valence-electron chi connectivity index (χ2n) is 4.42. The molecule has 3 rings (SSSR count). The number of aromatic nitrogens is 2. The van der Waals surface area contributed by atoms with Crippen molar-refractivity contribution in [1.82, 2.24) is 4.40 Å². The zero-order valence-electron chi connectivity index (χ0n) is 10.2. The van der Waals surface area contributed by atoms with Gasteiger partial charge in [-0.25, -0.2) is 8.97 Å². The van der Waals surface area contributed by atoms with E-state index in [-0.39, 0.29) is 0 Å². The van der Waals surface area contributed by atoms with Crippen molar-refractivity contribution in [1.29, 1.82) is 0 Å². The third kappa shape index (κ3) is 1.89. The lowest BCUT2D eigenvalue weighted by Gasteiger charge is -2.01. The van der Waals surface area contributed by atoms with Gasteiger partial charge in [0, 0.05) is 23.6 Å². The van der Waals surface area contributed by atoms with Crippen LogP contribution in [0.3, 0.4) is 0 Å². The van der Waals surface area contributed by atoms with Gasteiger partial charge in [0.1, 0.15) is 18.4 Å². The zero-order chi connectivity index (χ0) is 12.5. The molecule has 0 aliphatic rings. The monoisotopic (exact) mass is 257 g/mol. The summed E-state index contributed by atoms with van der Waals surface area (Å²) in [6.45, 7) is 2.90. The van der Waals surface area contributed by atoms with Gasteiger partial charge in [-0.1, -0.05) is 35.9 Å². The highest BCUT2D eigenvalue weighted by atomic mass is 35.5. The number of fused-ring (bicyclic) bond motifs is 1. The minimum Gasteiger partial charge on any atom is -0.226 e. The molecule has 2 heterocycles. The van der Waals surface area contributed by atoms with E-state index >= 15 is 0 Å². The maximum atomic E-state index is 6.21. The summed E-state index contributed by atoms with van der Waals surface area (Å²) >= 11 is 6.21. The van der Waals surface area contributed by atoms with Gasteiger partial charge in [0.05, 0.1) is 6.20 Å². The van der Waals surface area contributed by atoms with Gasteiger partial charge in [-0.3, -0.25) is 0 Å². The van der Waals surface area contributed by atoms with Crippen LogP contribution in [0.15, 0.2) is 54.9 Å². The maximum Gasteiger partial charge on any atom is 0.286 e. The van der Waals surface area contributed by atoms with Gasteiger partial charge in [0.2, 0.25) is 0 Å². The molecule has 3 aromatic rings. The first-order valence-electron chi connectivity index (χ1n) is 5.95. The van der Waals surface area contributed by atoms with Crippen molar-refractivity contribution in [3.63, 3.8) is 0 Å². The Balaban J connectivity index is 2.08. The third-order valence-corrected chi connectivity index (χ3v) is 3.52. The fraction of sp³-hybridized carbons (Fsp3) is 0.133. The largest absolute Gasteiger partial charge is 0.286 e. The number of rotatable bonds is 2. The van der Waals surface area contributed by atoms with Crippen LogP contribution in [0.25, 0.3) is 5.65 Å². The molecule has 0 aliphatic heterocycles. The number of hydrogen-bond acceptors (Lipinski definition) is 0. The molecule has 0 fully saturated rings. The Kier molecular flexibility index (Phi) is 2.80. The van der Waals surface area contributed by atoms with Crippen LogP contribution in [0.1, 0.15) is 11.3 Å². The Morgan fingerprint density at radius 3 is 2.72 bits per heavy atom. The second kappa shape index (κ2) is 4.46. The summed E-state index contributed by atoms with van der Waals surface area (Å²) in [5, 5.41) is 0.818. The fourth-order valence-corrected chi connectivity index (χ4v) is 2.45. The van der Waals surface area contributed by atoms with E-state index in [4.69, 9.17) is 11.6 Å². The molecule has 0 radical (unpaired) electrons. The first-order chi connectivity index (χ1) is 8.75. The maximum absolute atomic E-state index is 6.21. The molecule has 0 saturated carbocycles. The van der Waals surface area contributed by atoms with Crippen LogP contribution in [0, 0.1) is 6.92 Å². The smallest absolute Gasteiger partial charge is 0.226 e. The molecule has 3 heteroatoms. The van der Waals surface area contributed by atoms with Crippen molar-refractivity contribution in [2.45, 2.75) is 13.5 Å². The van der Waals surface area contributed by atoms with Crippen molar-refractivity contribution < 1.29 is 4.57 Å². The second-order valence-corrected chi connectivity index (χ2v) is 4.83. The first kappa shape index (κ1) is 11.3. The van der Waals surface area contributed by atoms with Crippen LogP contribution in [-0.2, 0) is 6.54 Å². The minimum absolute atomic E-state index is 0.793. The molecule has 2 aromatic heterocycles. The number of benzene rings is 1. The Labute approximate surface area is 111 Å². The molecule has 0 N–H and O–H groups in total. The topological polar surface area (TPSA) is 8.29 Å². The van der Waals surface area contributed by atoms with E-state index in [9.17, 15) is 0 Å². The molecular weight excluding hydrogens is 244 g/mol. The molecule has 0 bridgehead atoms. The normalized spacial score (nSPS) is 11.0. The van der Waals surface area contributed by atoms with E-state index in [2.05, 4.69) is 46.5 Å². The summed E-state index contributed by atoms with van der Waals surface area (Å²) in [7, 11) is 0. The highest BCUT2D eigenvalue weighted by molar-refractivity contribution is 6.31. The summed E-state index contributed by atoms with van der Waals surface area (Å²) < 4.78 is 4.40. The van der Waals surface area contributed by atoms with Gasteiger partial charge >= 0.3 is 0 Å². The lowest BCUT2D eigenvalue weighted by atomic mass is 10.2. The summed E-state index contributed by atoms with van der Waals surface area (Å²) in [6.07, 6.45) is 4.23. The van der Waals surface area contributed by atoms with E-state index in [1.54, 1.807) is 0 Å². The van der Waals surface area contributed by atoms with Gasteiger partial charge in [-0.15, -0.1) is 0 Å². The Bertz CT molecular complexity index is 701. The number of halogens is 1. The summed E-state index contributed by atoms with van der Waals surface area (Å²) in [6, 6.07) is 14.2. The average molecular weight is 258 g/mol. The van der Waals surface area contributed by atoms with Crippen molar-refractivity contribution in [3.05, 3.63) is 71.1 Å². The number of nitrogens with zero attached hydrogens (tertiary/aromatic N) is 2. The van der Waals surface area contributed by atoms with Gasteiger partial charge in [0.15, 0.2) is 0 Å². The van der Waals surface area contributed by atoms with E-state index in [1.165, 1.54) is 11.3 Å². The molecule has 90 valence electrons. The molecule has 0 saturated heterocycles. The lowest BCUT2D eigenvalue weighted by Crippen LogP contribution is -2.32. The lowest BCUT2D eigenvalue weighted by molar-refractivity contribution is -0.662. The van der Waals surface area contributed by atoms with E-state index in [0.29, 0.717) is 0 Å². The standard InChI is InChI=1S/C15H14ClN2/c1-12-10-17(15-8-4-5-9-18(12)15)11-13-6-2-3-7-14(13)16/h2-10H,11H2,1H3/q+1. The van der Waals surface area contributed by atoms with E-state index in [1.807, 2.05) is 24.3 Å². The molecule has 1 aromatic carbocycles. The quantitative estimate of drug-likeness (QED) is 0.623. The molecule has 0 aliphatic carbocycles. The highest BCUT2D eigenvalue weighted by Gasteiger charge is 2.13. The van der Waals surface area contributed by atoms with Crippen LogP contribution in [0.5, 0.6) is 0 Å². The molecular formula is C15H14ClN2+. The van der Waals surface area contributed by atoms with E-state index < -0.39 is 0 Å². The third-order valence-electron chi connectivity index (χ3n) is 3.15. The van der Waals surface area contributed by atoms with E-state index in [0.717, 1.165) is 17.1 Å². The summed E-state index contributed by atoms with van der Waals surface area (Å²) in [5.41, 5.74) is 3.54. The van der Waals surface area contributed by atoms with Gasteiger partial charge in [0.25, 0.3) is 5.65 Å². The first-order valence-corrected chi connectivity index (χ1v) is 6.33. The van der Waals surface area contributed by atoms with Crippen LogP contribution in [-0.4, -0.2) is 4.40 Å². The predicted molar refractivity (Wildman–Crippen MR) is 72.9 cm³/mol. The minimum atomic E-state index is 0.793. The Hall–Kier alpha value is -1.80. The zero-order valence-corrected chi connectivity index (χ0v) is 10.9. The number of imidazole rings is 1. The van der Waals surface area contributed by atoms with Gasteiger partial charge in [-0.05, 0) is 12.1 Å². The molecule has 0 atom stereocenters. The Morgan fingerprint density at radius 1 is 1.11 bits per heavy atom. The van der Waals surface area contributed by atoms with Crippen molar-refractivity contribution >= 4 is 17.2 Å². The number of hydrogen-bond donors (Lipinski definition) is 0. The SMILES string of the molecule is Cc1c[n+](Cc2ccccc2Cl)c2ccccn12. The molecule has 2 nitrogen and oxygen atoms in total. The molecule has 0 unspecified atom stereocenters. The molecule has 0 amide bonds. The van der Waals surface area contributed by atoms with Crippen molar-refractivity contribution in [2.75, 3.05) is 0 Å². The predicted octanol–water partition coefficient (Wildman–Crippen LogP) is 3.24. The fourth-order valence-electron chi connectivity index (χ4n) is 2.26. The summed E-state index contributed by atoms with van der Waals surface area (Å²) in [4.78, 5) is 0. The Morgan fingerprint density at radius 2 is 1.89 bits per heavy atom. The van der Waals surface area contributed by atoms with Gasteiger partial charge < -0.3 is 0 Å².